The molecule has 1 heterocycles. The van der Waals surface area contributed by atoms with E-state index in [1.54, 1.807) is 0 Å². The number of likely N-dealkylation sites (tertiary alicyclic amines) is 1. The lowest BCUT2D eigenvalue weighted by Gasteiger charge is -2.28. The fraction of sp³-hybridized carbons (Fsp3) is 1.00. The van der Waals surface area contributed by atoms with Crippen molar-refractivity contribution >= 4 is 0 Å². The normalized spacial score (nSPS) is 34.4. The van der Waals surface area contributed by atoms with Crippen LogP contribution in [0.5, 0.6) is 0 Å². The van der Waals surface area contributed by atoms with Crippen LogP contribution in [0.1, 0.15) is 12.8 Å². The smallest absolute Gasteiger partial charge is 0.272 e. The molecule has 2 nitrogen and oxygen atoms in total. The minimum atomic E-state index is -2.69. The summed E-state index contributed by atoms with van der Waals surface area (Å²) >= 11 is 0. The topological polar surface area (TPSA) is 29.3 Å². The first kappa shape index (κ1) is 9.34. The standard InChI is InChI=1S/C9H16F2N2/c10-9(11,5-12)6-13-3-7-1-2-8(7)4-13/h7-8H,1-6,12H2/t7-,8+. The van der Waals surface area contributed by atoms with Crippen molar-refractivity contribution in [2.75, 3.05) is 26.2 Å². The molecule has 0 radical (unpaired) electrons. The van der Waals surface area contributed by atoms with E-state index in [0.717, 1.165) is 13.1 Å². The molecule has 1 saturated heterocycles. The van der Waals surface area contributed by atoms with Gasteiger partial charge in [0.25, 0.3) is 5.92 Å². The SMILES string of the molecule is NCC(F)(F)CN1C[C@H]2CC[C@H]2C1. The van der Waals surface area contributed by atoms with Gasteiger partial charge in [0.05, 0.1) is 13.1 Å². The van der Waals surface area contributed by atoms with Gasteiger partial charge in [-0.05, 0) is 24.7 Å². The molecule has 0 amide bonds. The van der Waals surface area contributed by atoms with Crippen molar-refractivity contribution in [1.29, 1.82) is 0 Å². The van der Waals surface area contributed by atoms with Gasteiger partial charge in [-0.3, -0.25) is 4.90 Å². The highest BCUT2D eigenvalue weighted by Crippen LogP contribution is 2.40. The first-order valence-corrected chi connectivity index (χ1v) is 4.91. The van der Waals surface area contributed by atoms with E-state index in [-0.39, 0.29) is 6.54 Å². The van der Waals surface area contributed by atoms with Crippen LogP contribution in [-0.4, -0.2) is 37.0 Å². The number of nitrogens with two attached hydrogens (primary N) is 1. The second kappa shape index (κ2) is 3.17. The Morgan fingerprint density at radius 2 is 1.77 bits per heavy atom. The first-order valence-electron chi connectivity index (χ1n) is 4.91. The Morgan fingerprint density at radius 3 is 2.15 bits per heavy atom. The van der Waals surface area contributed by atoms with Crippen LogP contribution in [0.4, 0.5) is 8.78 Å². The lowest BCUT2D eigenvalue weighted by molar-refractivity contribution is -0.0188. The van der Waals surface area contributed by atoms with E-state index < -0.39 is 12.5 Å². The minimum Gasteiger partial charge on any atom is -0.325 e. The van der Waals surface area contributed by atoms with E-state index in [1.807, 2.05) is 4.90 Å². The molecule has 1 aliphatic heterocycles. The third kappa shape index (κ3) is 1.83. The van der Waals surface area contributed by atoms with Gasteiger partial charge < -0.3 is 5.73 Å². The summed E-state index contributed by atoms with van der Waals surface area (Å²) in [6, 6.07) is 0. The van der Waals surface area contributed by atoms with Gasteiger partial charge in [0.1, 0.15) is 0 Å². The average Bonchev–Trinajstić information content (AvgIpc) is 2.30. The third-order valence-electron chi connectivity index (χ3n) is 3.31. The van der Waals surface area contributed by atoms with Crippen LogP contribution in [0.25, 0.3) is 0 Å². The van der Waals surface area contributed by atoms with Gasteiger partial charge >= 0.3 is 0 Å². The second-order valence-electron chi connectivity index (χ2n) is 4.35. The van der Waals surface area contributed by atoms with Crippen LogP contribution in [0.15, 0.2) is 0 Å². The van der Waals surface area contributed by atoms with Crippen LogP contribution in [-0.2, 0) is 0 Å². The van der Waals surface area contributed by atoms with Crippen molar-refractivity contribution in [2.45, 2.75) is 18.8 Å². The fourth-order valence-electron chi connectivity index (χ4n) is 2.38. The van der Waals surface area contributed by atoms with Crippen LogP contribution < -0.4 is 5.73 Å². The summed E-state index contributed by atoms with van der Waals surface area (Å²) in [6.45, 7) is 1.05. The number of rotatable bonds is 3. The predicted octanol–water partition coefficient (Wildman–Crippen LogP) is 0.922. The Balaban J connectivity index is 1.83. The van der Waals surface area contributed by atoms with E-state index in [2.05, 4.69) is 0 Å². The summed E-state index contributed by atoms with van der Waals surface area (Å²) in [6.07, 6.45) is 2.46. The van der Waals surface area contributed by atoms with Gasteiger partial charge in [-0.15, -0.1) is 0 Å². The molecule has 0 aromatic carbocycles. The Morgan fingerprint density at radius 1 is 1.23 bits per heavy atom. The van der Waals surface area contributed by atoms with Gasteiger partial charge in [0, 0.05) is 13.1 Å². The molecule has 0 aromatic heterocycles. The molecule has 2 fully saturated rings. The van der Waals surface area contributed by atoms with Crippen molar-refractivity contribution in [1.82, 2.24) is 4.90 Å². The lowest BCUT2D eigenvalue weighted by atomic mass is 9.77. The van der Waals surface area contributed by atoms with E-state index in [4.69, 9.17) is 5.73 Å². The van der Waals surface area contributed by atoms with Gasteiger partial charge in [-0.2, -0.15) is 0 Å². The largest absolute Gasteiger partial charge is 0.325 e. The van der Waals surface area contributed by atoms with Crippen molar-refractivity contribution in [2.24, 2.45) is 17.6 Å². The molecule has 2 aliphatic rings. The quantitative estimate of drug-likeness (QED) is 0.717. The van der Waals surface area contributed by atoms with Gasteiger partial charge in [-0.25, -0.2) is 8.78 Å². The molecule has 4 heteroatoms. The molecule has 1 aliphatic carbocycles. The number of fused-ring (bicyclic) bond motifs is 1. The first-order chi connectivity index (χ1) is 6.11. The molecule has 2 N–H and O–H groups in total. The highest BCUT2D eigenvalue weighted by Gasteiger charge is 2.42. The zero-order chi connectivity index (χ0) is 9.47. The summed E-state index contributed by atoms with van der Waals surface area (Å²) in [7, 11) is 0. The average molecular weight is 190 g/mol. The van der Waals surface area contributed by atoms with Crippen LogP contribution in [0.2, 0.25) is 0 Å². The molecule has 0 aromatic rings. The van der Waals surface area contributed by atoms with E-state index in [0.29, 0.717) is 11.8 Å². The molecule has 13 heavy (non-hydrogen) atoms. The van der Waals surface area contributed by atoms with Crippen LogP contribution >= 0.6 is 0 Å². The molecule has 1 saturated carbocycles. The van der Waals surface area contributed by atoms with Gasteiger partial charge in [-0.1, -0.05) is 0 Å². The van der Waals surface area contributed by atoms with E-state index >= 15 is 0 Å². The number of alkyl halides is 2. The van der Waals surface area contributed by atoms with E-state index in [1.165, 1.54) is 12.8 Å². The van der Waals surface area contributed by atoms with Crippen LogP contribution in [0, 0.1) is 11.8 Å². The Hall–Kier alpha value is -0.220. The Bertz CT molecular complexity index is 184. The fourth-order valence-corrected chi connectivity index (χ4v) is 2.38. The number of hydrogen-bond donors (Lipinski definition) is 1. The van der Waals surface area contributed by atoms with Crippen molar-refractivity contribution in [3.63, 3.8) is 0 Å². The number of nitrogens with zero attached hydrogens (tertiary/aromatic N) is 1. The molecule has 2 rings (SSSR count). The van der Waals surface area contributed by atoms with Gasteiger partial charge in [0.15, 0.2) is 0 Å². The molecular weight excluding hydrogens is 174 g/mol. The van der Waals surface area contributed by atoms with Crippen LogP contribution in [0.3, 0.4) is 0 Å². The maximum absolute atomic E-state index is 12.9. The van der Waals surface area contributed by atoms with Crippen molar-refractivity contribution in [3.8, 4) is 0 Å². The molecule has 0 unspecified atom stereocenters. The number of halogens is 2. The zero-order valence-corrected chi connectivity index (χ0v) is 7.68. The molecule has 2 atom stereocenters. The predicted molar refractivity (Wildman–Crippen MR) is 46.7 cm³/mol. The highest BCUT2D eigenvalue weighted by molar-refractivity contribution is 4.92. The molecular formula is C9H16F2N2. The molecule has 0 bridgehead atoms. The minimum absolute atomic E-state index is 0.142. The zero-order valence-electron chi connectivity index (χ0n) is 7.68. The maximum atomic E-state index is 12.9. The molecule has 0 spiro atoms. The van der Waals surface area contributed by atoms with Crippen molar-refractivity contribution < 1.29 is 8.78 Å². The molecule has 76 valence electrons. The summed E-state index contributed by atoms with van der Waals surface area (Å²) in [5.74, 6) is -1.29. The van der Waals surface area contributed by atoms with Gasteiger partial charge in [0.2, 0.25) is 0 Å². The third-order valence-corrected chi connectivity index (χ3v) is 3.31. The van der Waals surface area contributed by atoms with Crippen molar-refractivity contribution in [3.05, 3.63) is 0 Å². The summed E-state index contributed by atoms with van der Waals surface area (Å²) in [5, 5.41) is 0. The Kier molecular flexibility index (Phi) is 2.28. The Labute approximate surface area is 77.1 Å². The lowest BCUT2D eigenvalue weighted by Crippen LogP contribution is -2.40. The summed E-state index contributed by atoms with van der Waals surface area (Å²) < 4.78 is 25.8. The maximum Gasteiger partial charge on any atom is 0.272 e. The monoisotopic (exact) mass is 190 g/mol. The second-order valence-corrected chi connectivity index (χ2v) is 4.35. The summed E-state index contributed by atoms with van der Waals surface area (Å²) in [4.78, 5) is 1.87. The number of hydrogen-bond acceptors (Lipinski definition) is 2. The highest BCUT2D eigenvalue weighted by atomic mass is 19.3. The summed E-state index contributed by atoms with van der Waals surface area (Å²) in [5.41, 5.74) is 4.99. The van der Waals surface area contributed by atoms with E-state index in [9.17, 15) is 8.78 Å².